The Balaban J connectivity index is 1.67. The van der Waals surface area contributed by atoms with Crippen LogP contribution in [0.3, 0.4) is 0 Å². The summed E-state index contributed by atoms with van der Waals surface area (Å²) in [5, 5.41) is 10.1. The van der Waals surface area contributed by atoms with Crippen LogP contribution in [0.15, 0.2) is 60.9 Å². The summed E-state index contributed by atoms with van der Waals surface area (Å²) in [4.78, 5) is 28.7. The second kappa shape index (κ2) is 10.3. The Labute approximate surface area is 183 Å². The Morgan fingerprint density at radius 1 is 1.03 bits per heavy atom. The maximum absolute atomic E-state index is 12.5. The maximum atomic E-state index is 12.5. The van der Waals surface area contributed by atoms with Gasteiger partial charge in [0.25, 0.3) is 11.8 Å². The van der Waals surface area contributed by atoms with Gasteiger partial charge >= 0.3 is 0 Å². The van der Waals surface area contributed by atoms with E-state index in [4.69, 9.17) is 21.1 Å². The minimum absolute atomic E-state index is 0.0676. The molecule has 3 N–H and O–H groups in total. The van der Waals surface area contributed by atoms with E-state index >= 15 is 0 Å². The molecule has 1 heterocycles. The summed E-state index contributed by atoms with van der Waals surface area (Å²) in [5.41, 5.74) is 5.60. The first-order chi connectivity index (χ1) is 15.0. The van der Waals surface area contributed by atoms with Crippen LogP contribution in [0.1, 0.15) is 33.2 Å². The molecule has 0 aliphatic carbocycles. The zero-order chi connectivity index (χ0) is 22.2. The number of nitrogens with zero attached hydrogens (tertiary/aromatic N) is 1. The first-order valence-corrected chi connectivity index (χ1v) is 9.73. The standard InChI is InChI=1S/C22H20ClN3O5/c1-2-30-20-10-15(5-8-19(20)31-13-14-4-3-9-24-12-14)21(28)25-26-22(29)17-11-16(23)6-7-18(17)27/h3-12,27H,2,13H2,1H3,(H,25,28)(H,26,29). The van der Waals surface area contributed by atoms with Gasteiger partial charge in [-0.05, 0) is 49.4 Å². The first kappa shape index (κ1) is 21.9. The highest BCUT2D eigenvalue weighted by atomic mass is 35.5. The number of hydrogen-bond donors (Lipinski definition) is 3. The van der Waals surface area contributed by atoms with Crippen molar-refractivity contribution in [2.24, 2.45) is 0 Å². The lowest BCUT2D eigenvalue weighted by molar-refractivity contribution is 0.0844. The third-order valence-corrected chi connectivity index (χ3v) is 4.35. The Kier molecular flexibility index (Phi) is 7.29. The van der Waals surface area contributed by atoms with E-state index in [1.165, 1.54) is 24.3 Å². The van der Waals surface area contributed by atoms with Crippen LogP contribution in [-0.4, -0.2) is 28.5 Å². The number of hydrazine groups is 1. The normalized spacial score (nSPS) is 10.3. The molecule has 9 heteroatoms. The number of halogens is 1. The predicted octanol–water partition coefficient (Wildman–Crippen LogP) is 3.49. The van der Waals surface area contributed by atoms with E-state index in [9.17, 15) is 14.7 Å². The topological polar surface area (TPSA) is 110 Å². The third kappa shape index (κ3) is 5.86. The number of carbonyl (C=O) groups excluding carboxylic acids is 2. The number of rotatable bonds is 7. The molecule has 0 aliphatic heterocycles. The fourth-order valence-corrected chi connectivity index (χ4v) is 2.80. The van der Waals surface area contributed by atoms with E-state index in [0.717, 1.165) is 5.56 Å². The van der Waals surface area contributed by atoms with E-state index in [-0.39, 0.29) is 21.9 Å². The molecular weight excluding hydrogens is 422 g/mol. The molecule has 0 saturated carbocycles. The van der Waals surface area contributed by atoms with Crippen LogP contribution >= 0.6 is 11.6 Å². The molecule has 3 rings (SSSR count). The molecule has 0 spiro atoms. The lowest BCUT2D eigenvalue weighted by Crippen LogP contribution is -2.41. The van der Waals surface area contributed by atoms with Crippen molar-refractivity contribution in [3.05, 3.63) is 82.6 Å². The summed E-state index contributed by atoms with van der Waals surface area (Å²) >= 11 is 5.84. The van der Waals surface area contributed by atoms with Gasteiger partial charge in [0.1, 0.15) is 12.4 Å². The van der Waals surface area contributed by atoms with Gasteiger partial charge < -0.3 is 14.6 Å². The van der Waals surface area contributed by atoms with Gasteiger partial charge in [0.05, 0.1) is 12.2 Å². The molecule has 160 valence electrons. The number of pyridine rings is 1. The molecule has 3 aromatic rings. The minimum atomic E-state index is -0.713. The lowest BCUT2D eigenvalue weighted by Gasteiger charge is -2.14. The molecular formula is C22H20ClN3O5. The minimum Gasteiger partial charge on any atom is -0.507 e. The Hall–Kier alpha value is -3.78. The van der Waals surface area contributed by atoms with E-state index in [1.807, 2.05) is 19.1 Å². The molecule has 2 aromatic carbocycles. The zero-order valence-electron chi connectivity index (χ0n) is 16.6. The van der Waals surface area contributed by atoms with Crippen LogP contribution in [-0.2, 0) is 6.61 Å². The Morgan fingerprint density at radius 3 is 2.58 bits per heavy atom. The fraction of sp³-hybridized carbons (Fsp3) is 0.136. The van der Waals surface area contributed by atoms with Gasteiger partial charge in [-0.1, -0.05) is 17.7 Å². The number of phenols is 1. The van der Waals surface area contributed by atoms with Crippen molar-refractivity contribution in [3.8, 4) is 17.2 Å². The smallest absolute Gasteiger partial charge is 0.273 e. The summed E-state index contributed by atoms with van der Waals surface area (Å²) < 4.78 is 11.4. The molecule has 8 nitrogen and oxygen atoms in total. The van der Waals surface area contributed by atoms with Gasteiger partial charge in [-0.2, -0.15) is 0 Å². The molecule has 1 aromatic heterocycles. The number of hydrogen-bond acceptors (Lipinski definition) is 6. The second-order valence-electron chi connectivity index (χ2n) is 6.31. The highest BCUT2D eigenvalue weighted by molar-refractivity contribution is 6.31. The van der Waals surface area contributed by atoms with Crippen LogP contribution in [0.25, 0.3) is 0 Å². The number of nitrogens with one attached hydrogen (secondary N) is 2. The lowest BCUT2D eigenvalue weighted by atomic mass is 10.2. The number of amides is 2. The summed E-state index contributed by atoms with van der Waals surface area (Å²) in [7, 11) is 0. The fourth-order valence-electron chi connectivity index (χ4n) is 2.62. The average Bonchev–Trinajstić information content (AvgIpc) is 2.78. The van der Waals surface area contributed by atoms with Gasteiger partial charge in [-0.25, -0.2) is 0 Å². The van der Waals surface area contributed by atoms with Crippen molar-refractivity contribution in [2.45, 2.75) is 13.5 Å². The largest absolute Gasteiger partial charge is 0.507 e. The highest BCUT2D eigenvalue weighted by Gasteiger charge is 2.15. The molecule has 0 saturated heterocycles. The Morgan fingerprint density at radius 2 is 1.84 bits per heavy atom. The molecule has 0 radical (unpaired) electrons. The van der Waals surface area contributed by atoms with E-state index < -0.39 is 11.8 Å². The zero-order valence-corrected chi connectivity index (χ0v) is 17.3. The highest BCUT2D eigenvalue weighted by Crippen LogP contribution is 2.29. The van der Waals surface area contributed by atoms with Crippen LogP contribution in [0.5, 0.6) is 17.2 Å². The van der Waals surface area contributed by atoms with Crippen molar-refractivity contribution in [3.63, 3.8) is 0 Å². The molecule has 2 amide bonds. The monoisotopic (exact) mass is 441 g/mol. The van der Waals surface area contributed by atoms with Gasteiger partial charge in [-0.15, -0.1) is 0 Å². The van der Waals surface area contributed by atoms with Crippen molar-refractivity contribution in [1.29, 1.82) is 0 Å². The SMILES string of the molecule is CCOc1cc(C(=O)NNC(=O)c2cc(Cl)ccc2O)ccc1OCc1cccnc1. The molecule has 0 fully saturated rings. The summed E-state index contributed by atoms with van der Waals surface area (Å²) in [6.07, 6.45) is 3.37. The van der Waals surface area contributed by atoms with Crippen LogP contribution < -0.4 is 20.3 Å². The molecule has 0 atom stereocenters. The van der Waals surface area contributed by atoms with Crippen molar-refractivity contribution in [2.75, 3.05) is 6.61 Å². The molecule has 0 aliphatic rings. The van der Waals surface area contributed by atoms with E-state index in [2.05, 4.69) is 15.8 Å². The van der Waals surface area contributed by atoms with Crippen LogP contribution in [0.2, 0.25) is 5.02 Å². The quantitative estimate of drug-likeness (QED) is 0.484. The first-order valence-electron chi connectivity index (χ1n) is 9.35. The van der Waals surface area contributed by atoms with Gasteiger partial charge in [-0.3, -0.25) is 25.4 Å². The molecule has 0 bridgehead atoms. The van der Waals surface area contributed by atoms with E-state index in [1.54, 1.807) is 24.5 Å². The number of aromatic hydroxyl groups is 1. The summed E-state index contributed by atoms with van der Waals surface area (Å²) in [6, 6.07) is 12.4. The van der Waals surface area contributed by atoms with E-state index in [0.29, 0.717) is 24.7 Å². The molecule has 0 unspecified atom stereocenters. The average molecular weight is 442 g/mol. The summed E-state index contributed by atoms with van der Waals surface area (Å²) in [5.74, 6) is -0.692. The summed E-state index contributed by atoms with van der Waals surface area (Å²) in [6.45, 7) is 2.48. The predicted molar refractivity (Wildman–Crippen MR) is 114 cm³/mol. The number of aromatic nitrogens is 1. The molecule has 31 heavy (non-hydrogen) atoms. The second-order valence-corrected chi connectivity index (χ2v) is 6.75. The van der Waals surface area contributed by atoms with Crippen LogP contribution in [0.4, 0.5) is 0 Å². The number of ether oxygens (including phenoxy) is 2. The van der Waals surface area contributed by atoms with Crippen molar-refractivity contribution < 1.29 is 24.2 Å². The van der Waals surface area contributed by atoms with Crippen molar-refractivity contribution in [1.82, 2.24) is 15.8 Å². The maximum Gasteiger partial charge on any atom is 0.273 e. The number of phenolic OH excluding ortho intramolecular Hbond substituents is 1. The Bertz CT molecular complexity index is 1080. The van der Waals surface area contributed by atoms with Crippen molar-refractivity contribution >= 4 is 23.4 Å². The van der Waals surface area contributed by atoms with Crippen LogP contribution in [0, 0.1) is 0 Å². The third-order valence-electron chi connectivity index (χ3n) is 4.12. The van der Waals surface area contributed by atoms with Gasteiger partial charge in [0.2, 0.25) is 0 Å². The number of carbonyl (C=O) groups is 2. The van der Waals surface area contributed by atoms with Gasteiger partial charge in [0, 0.05) is 28.5 Å². The van der Waals surface area contributed by atoms with Gasteiger partial charge in [0.15, 0.2) is 11.5 Å². The number of benzene rings is 2.